The maximum Gasteiger partial charge on any atom is 0.0208 e. The minimum Gasteiger partial charge on any atom is -0.312 e. The summed E-state index contributed by atoms with van der Waals surface area (Å²) in [5.74, 6) is 2.20. The van der Waals surface area contributed by atoms with Crippen LogP contribution < -0.4 is 5.32 Å². The highest BCUT2D eigenvalue weighted by Crippen LogP contribution is 2.10. The lowest BCUT2D eigenvalue weighted by molar-refractivity contribution is 0.728. The van der Waals surface area contributed by atoms with Crippen LogP contribution >= 0.6 is 24.2 Å². The molecule has 1 aromatic carbocycles. The molecule has 17 heavy (non-hydrogen) atoms. The number of rotatable bonds is 7. The highest BCUT2D eigenvalue weighted by Gasteiger charge is 1.97. The van der Waals surface area contributed by atoms with E-state index in [1.165, 1.54) is 16.7 Å². The number of thioether (sulfide) groups is 1. The van der Waals surface area contributed by atoms with Crippen LogP contribution in [-0.4, -0.2) is 18.1 Å². The summed E-state index contributed by atoms with van der Waals surface area (Å²) in [7, 11) is 0. The minimum absolute atomic E-state index is 0. The average Bonchev–Trinajstić information content (AvgIpc) is 2.26. The fourth-order valence-electron chi connectivity index (χ4n) is 1.58. The van der Waals surface area contributed by atoms with E-state index in [0.717, 1.165) is 24.6 Å². The second-order valence-electron chi connectivity index (χ2n) is 3.97. The van der Waals surface area contributed by atoms with E-state index in [4.69, 9.17) is 0 Å². The quantitative estimate of drug-likeness (QED) is 0.599. The molecule has 0 aliphatic heterocycles. The van der Waals surface area contributed by atoms with Crippen molar-refractivity contribution in [1.82, 2.24) is 5.32 Å². The van der Waals surface area contributed by atoms with E-state index in [1.807, 2.05) is 17.8 Å². The molecular weight excluding hydrogens is 250 g/mol. The van der Waals surface area contributed by atoms with Gasteiger partial charge in [-0.05, 0) is 25.0 Å². The first kappa shape index (κ1) is 16.6. The fourth-order valence-corrected chi connectivity index (χ4v) is 2.20. The number of aryl methyl sites for hydroxylation is 2. The second-order valence-corrected chi connectivity index (χ2v) is 5.12. The molecule has 0 radical (unpaired) electrons. The molecule has 0 saturated carbocycles. The van der Waals surface area contributed by atoms with Gasteiger partial charge in [-0.3, -0.25) is 0 Å². The van der Waals surface area contributed by atoms with E-state index in [0.29, 0.717) is 0 Å². The van der Waals surface area contributed by atoms with Gasteiger partial charge in [-0.1, -0.05) is 29.8 Å². The molecule has 0 fully saturated rings. The van der Waals surface area contributed by atoms with Gasteiger partial charge in [-0.15, -0.1) is 19.0 Å². The summed E-state index contributed by atoms with van der Waals surface area (Å²) < 4.78 is 0. The molecule has 96 valence electrons. The van der Waals surface area contributed by atoms with Crippen molar-refractivity contribution in [2.75, 3.05) is 18.1 Å². The average molecular weight is 272 g/mol. The molecule has 0 atom stereocenters. The Bertz CT molecular complexity index is 339. The van der Waals surface area contributed by atoms with Gasteiger partial charge < -0.3 is 5.32 Å². The van der Waals surface area contributed by atoms with Gasteiger partial charge in [0.2, 0.25) is 0 Å². The highest BCUT2D eigenvalue weighted by atomic mass is 35.5. The van der Waals surface area contributed by atoms with Crippen LogP contribution in [0.2, 0.25) is 0 Å². The number of nitrogens with one attached hydrogen (secondary N) is 1. The largest absolute Gasteiger partial charge is 0.312 e. The lowest BCUT2D eigenvalue weighted by Crippen LogP contribution is -2.17. The molecule has 0 aromatic heterocycles. The zero-order valence-electron chi connectivity index (χ0n) is 10.7. The fraction of sp³-hybridized carbons (Fsp3) is 0.429. The van der Waals surface area contributed by atoms with Gasteiger partial charge in [0.05, 0.1) is 0 Å². The van der Waals surface area contributed by atoms with Crippen molar-refractivity contribution >= 4 is 24.2 Å². The Labute approximate surface area is 115 Å². The second kappa shape index (κ2) is 9.58. The first-order valence-electron chi connectivity index (χ1n) is 5.69. The Morgan fingerprint density at radius 3 is 2.76 bits per heavy atom. The van der Waals surface area contributed by atoms with Crippen LogP contribution in [0.1, 0.15) is 16.7 Å². The van der Waals surface area contributed by atoms with Gasteiger partial charge in [-0.2, -0.15) is 11.8 Å². The van der Waals surface area contributed by atoms with Crippen LogP contribution in [0.25, 0.3) is 0 Å². The minimum atomic E-state index is 0. The van der Waals surface area contributed by atoms with Crippen molar-refractivity contribution in [3.63, 3.8) is 0 Å². The van der Waals surface area contributed by atoms with Crippen LogP contribution in [0, 0.1) is 13.8 Å². The molecule has 0 heterocycles. The van der Waals surface area contributed by atoms with E-state index in [-0.39, 0.29) is 12.4 Å². The summed E-state index contributed by atoms with van der Waals surface area (Å²) in [6.07, 6.45) is 1.95. The molecule has 0 amide bonds. The number of hydrogen-bond donors (Lipinski definition) is 1. The molecule has 0 bridgehead atoms. The third-order valence-electron chi connectivity index (χ3n) is 2.47. The molecule has 3 heteroatoms. The van der Waals surface area contributed by atoms with Crippen LogP contribution in [0.15, 0.2) is 30.9 Å². The van der Waals surface area contributed by atoms with Crippen LogP contribution in [0.4, 0.5) is 0 Å². The van der Waals surface area contributed by atoms with Gasteiger partial charge >= 0.3 is 0 Å². The first-order valence-corrected chi connectivity index (χ1v) is 6.85. The number of benzene rings is 1. The van der Waals surface area contributed by atoms with Crippen molar-refractivity contribution < 1.29 is 0 Å². The highest BCUT2D eigenvalue weighted by molar-refractivity contribution is 7.99. The normalized spacial score (nSPS) is 9.76. The Morgan fingerprint density at radius 1 is 1.35 bits per heavy atom. The Kier molecular flexibility index (Phi) is 9.33. The van der Waals surface area contributed by atoms with E-state index >= 15 is 0 Å². The SMILES string of the molecule is C=CCSCCNCc1ccc(C)cc1C.Cl. The summed E-state index contributed by atoms with van der Waals surface area (Å²) >= 11 is 1.91. The van der Waals surface area contributed by atoms with Crippen LogP contribution in [-0.2, 0) is 6.54 Å². The predicted molar refractivity (Wildman–Crippen MR) is 82.4 cm³/mol. The Hall–Kier alpha value is -0.440. The third kappa shape index (κ3) is 6.77. The lowest BCUT2D eigenvalue weighted by Gasteiger charge is -2.08. The summed E-state index contributed by atoms with van der Waals surface area (Å²) in [5, 5.41) is 3.47. The van der Waals surface area contributed by atoms with Gasteiger partial charge in [0.15, 0.2) is 0 Å². The number of hydrogen-bond acceptors (Lipinski definition) is 2. The summed E-state index contributed by atoms with van der Waals surface area (Å²) in [6, 6.07) is 6.63. The Morgan fingerprint density at radius 2 is 2.12 bits per heavy atom. The van der Waals surface area contributed by atoms with E-state index in [1.54, 1.807) is 0 Å². The molecule has 1 aromatic rings. The van der Waals surface area contributed by atoms with Crippen LogP contribution in [0.3, 0.4) is 0 Å². The van der Waals surface area contributed by atoms with E-state index in [2.05, 4.69) is 43.9 Å². The first-order chi connectivity index (χ1) is 7.74. The molecular formula is C14H22ClNS. The van der Waals surface area contributed by atoms with Crippen molar-refractivity contribution in [3.8, 4) is 0 Å². The summed E-state index contributed by atoms with van der Waals surface area (Å²) in [5.41, 5.74) is 4.12. The topological polar surface area (TPSA) is 12.0 Å². The van der Waals surface area contributed by atoms with Gasteiger partial charge in [0.1, 0.15) is 0 Å². The summed E-state index contributed by atoms with van der Waals surface area (Å²) in [6.45, 7) is 10.1. The summed E-state index contributed by atoms with van der Waals surface area (Å²) in [4.78, 5) is 0. The van der Waals surface area contributed by atoms with Crippen molar-refractivity contribution in [3.05, 3.63) is 47.5 Å². The maximum absolute atomic E-state index is 3.70. The molecule has 1 rings (SSSR count). The van der Waals surface area contributed by atoms with Gasteiger partial charge in [0, 0.05) is 24.6 Å². The van der Waals surface area contributed by atoms with Gasteiger partial charge in [0.25, 0.3) is 0 Å². The molecule has 0 aliphatic rings. The molecule has 0 spiro atoms. The maximum atomic E-state index is 3.70. The molecule has 1 N–H and O–H groups in total. The van der Waals surface area contributed by atoms with Crippen molar-refractivity contribution in [2.45, 2.75) is 20.4 Å². The third-order valence-corrected chi connectivity index (χ3v) is 3.44. The number of halogens is 1. The monoisotopic (exact) mass is 271 g/mol. The van der Waals surface area contributed by atoms with Crippen molar-refractivity contribution in [1.29, 1.82) is 0 Å². The zero-order valence-corrected chi connectivity index (χ0v) is 12.3. The Balaban J connectivity index is 0.00000256. The smallest absolute Gasteiger partial charge is 0.0208 e. The predicted octanol–water partition coefficient (Wildman–Crippen LogP) is 3.73. The van der Waals surface area contributed by atoms with Gasteiger partial charge in [-0.25, -0.2) is 0 Å². The van der Waals surface area contributed by atoms with Crippen molar-refractivity contribution in [2.24, 2.45) is 0 Å². The van der Waals surface area contributed by atoms with E-state index in [9.17, 15) is 0 Å². The molecule has 0 aliphatic carbocycles. The van der Waals surface area contributed by atoms with Crippen LogP contribution in [0.5, 0.6) is 0 Å². The molecule has 0 unspecified atom stereocenters. The standard InChI is InChI=1S/C14H21NS.ClH/c1-4-8-16-9-7-15-11-14-6-5-12(2)10-13(14)3;/h4-6,10,15H,1,7-9,11H2,2-3H3;1H. The van der Waals surface area contributed by atoms with E-state index < -0.39 is 0 Å². The molecule has 1 nitrogen and oxygen atoms in total. The zero-order chi connectivity index (χ0) is 11.8. The molecule has 0 saturated heterocycles. The lowest BCUT2D eigenvalue weighted by atomic mass is 10.1.